The van der Waals surface area contributed by atoms with E-state index in [4.69, 9.17) is 0 Å². The highest BCUT2D eigenvalue weighted by molar-refractivity contribution is 6.10. The van der Waals surface area contributed by atoms with Crippen molar-refractivity contribution < 1.29 is 27.6 Å². The van der Waals surface area contributed by atoms with Gasteiger partial charge in [-0.3, -0.25) is 14.4 Å². The molecule has 2 aromatic rings. The lowest BCUT2D eigenvalue weighted by molar-refractivity contribution is -0.137. The Morgan fingerprint density at radius 1 is 1.03 bits per heavy atom. The zero-order valence-electron chi connectivity index (χ0n) is 16.1. The van der Waals surface area contributed by atoms with Crippen LogP contribution in [0.1, 0.15) is 35.7 Å². The molecule has 6 nitrogen and oxygen atoms in total. The van der Waals surface area contributed by atoms with Gasteiger partial charge in [-0.1, -0.05) is 18.2 Å². The van der Waals surface area contributed by atoms with Crippen molar-refractivity contribution in [1.82, 2.24) is 4.90 Å². The third-order valence-electron chi connectivity index (χ3n) is 4.84. The van der Waals surface area contributed by atoms with Crippen LogP contribution in [-0.2, 0) is 15.8 Å². The third-order valence-corrected chi connectivity index (χ3v) is 4.84. The summed E-state index contributed by atoms with van der Waals surface area (Å²) in [4.78, 5) is 38.5. The van der Waals surface area contributed by atoms with Crippen LogP contribution in [0.3, 0.4) is 0 Å². The van der Waals surface area contributed by atoms with Gasteiger partial charge in [0.2, 0.25) is 11.8 Å². The summed E-state index contributed by atoms with van der Waals surface area (Å²) in [7, 11) is 0. The highest BCUT2D eigenvalue weighted by Crippen LogP contribution is 2.31. The predicted octanol–water partition coefficient (Wildman–Crippen LogP) is 3.91. The number of amides is 3. The summed E-state index contributed by atoms with van der Waals surface area (Å²) in [5.41, 5.74) is -0.597. The van der Waals surface area contributed by atoms with E-state index in [-0.39, 0.29) is 22.8 Å². The van der Waals surface area contributed by atoms with E-state index >= 15 is 0 Å². The number of para-hydroxylation sites is 1. The molecule has 3 rings (SSSR count). The van der Waals surface area contributed by atoms with Crippen LogP contribution in [0, 0.1) is 0 Å². The van der Waals surface area contributed by atoms with Crippen molar-refractivity contribution in [2.24, 2.45) is 0 Å². The van der Waals surface area contributed by atoms with E-state index in [1.807, 2.05) is 0 Å². The Bertz CT molecular complexity index is 975. The molecular weight excluding hydrogens is 399 g/mol. The monoisotopic (exact) mass is 419 g/mol. The second kappa shape index (κ2) is 8.56. The van der Waals surface area contributed by atoms with Gasteiger partial charge in [0.05, 0.1) is 16.8 Å². The van der Waals surface area contributed by atoms with Crippen LogP contribution >= 0.6 is 0 Å². The van der Waals surface area contributed by atoms with Crippen molar-refractivity contribution in [2.75, 3.05) is 17.2 Å². The number of hydrogen-bond donors (Lipinski definition) is 2. The maximum Gasteiger partial charge on any atom is 0.416 e. The minimum absolute atomic E-state index is 0.0190. The molecule has 0 bridgehead atoms. The molecule has 2 aromatic carbocycles. The van der Waals surface area contributed by atoms with Crippen LogP contribution in [0.15, 0.2) is 48.5 Å². The molecular formula is C21H20F3N3O3. The Labute approximate surface area is 171 Å². The predicted molar refractivity (Wildman–Crippen MR) is 105 cm³/mol. The first-order valence-electron chi connectivity index (χ1n) is 9.32. The highest BCUT2D eigenvalue weighted by atomic mass is 19.4. The summed E-state index contributed by atoms with van der Waals surface area (Å²) >= 11 is 0. The molecule has 3 amide bonds. The fraction of sp³-hybridized carbons (Fsp3) is 0.286. The van der Waals surface area contributed by atoms with E-state index in [0.29, 0.717) is 19.4 Å². The normalized spacial score (nSPS) is 16.3. The average Bonchev–Trinajstić information content (AvgIpc) is 3.18. The van der Waals surface area contributed by atoms with Gasteiger partial charge in [-0.05, 0) is 43.2 Å². The zero-order chi connectivity index (χ0) is 21.9. The molecule has 0 spiro atoms. The molecule has 0 radical (unpaired) electrons. The Morgan fingerprint density at radius 3 is 2.47 bits per heavy atom. The van der Waals surface area contributed by atoms with Crippen molar-refractivity contribution in [2.45, 2.75) is 32.0 Å². The molecule has 9 heteroatoms. The van der Waals surface area contributed by atoms with Gasteiger partial charge >= 0.3 is 6.18 Å². The van der Waals surface area contributed by atoms with Crippen molar-refractivity contribution in [1.29, 1.82) is 0 Å². The van der Waals surface area contributed by atoms with E-state index in [1.165, 1.54) is 36.1 Å². The lowest BCUT2D eigenvalue weighted by atomic mass is 10.1. The fourth-order valence-electron chi connectivity index (χ4n) is 3.39. The Kier molecular flexibility index (Phi) is 6.09. The molecule has 1 aliphatic heterocycles. The van der Waals surface area contributed by atoms with E-state index < -0.39 is 29.6 Å². The molecule has 158 valence electrons. The highest BCUT2D eigenvalue weighted by Gasteiger charge is 2.33. The lowest BCUT2D eigenvalue weighted by Crippen LogP contribution is -2.42. The quantitative estimate of drug-likeness (QED) is 0.789. The molecule has 1 aliphatic rings. The molecule has 0 saturated carbocycles. The van der Waals surface area contributed by atoms with E-state index in [2.05, 4.69) is 10.6 Å². The first-order valence-corrected chi connectivity index (χ1v) is 9.32. The summed E-state index contributed by atoms with van der Waals surface area (Å²) in [6, 6.07) is 9.83. The number of nitrogens with one attached hydrogen (secondary N) is 2. The molecule has 1 atom stereocenters. The smallest absolute Gasteiger partial charge is 0.331 e. The second-order valence-corrected chi connectivity index (χ2v) is 6.94. The van der Waals surface area contributed by atoms with Crippen LogP contribution in [0.5, 0.6) is 0 Å². The minimum atomic E-state index is -4.53. The summed E-state index contributed by atoms with van der Waals surface area (Å²) in [5.74, 6) is -1.29. The van der Waals surface area contributed by atoms with Gasteiger partial charge in [0.25, 0.3) is 5.91 Å². The van der Waals surface area contributed by atoms with Gasteiger partial charge < -0.3 is 15.5 Å². The summed E-state index contributed by atoms with van der Waals surface area (Å²) in [5, 5.41) is 5.09. The number of likely N-dealkylation sites (tertiary alicyclic amines) is 1. The minimum Gasteiger partial charge on any atom is -0.331 e. The number of carbonyl (C=O) groups is 3. The maximum atomic E-state index is 12.9. The first-order chi connectivity index (χ1) is 14.2. The molecule has 0 aliphatic carbocycles. The zero-order valence-corrected chi connectivity index (χ0v) is 16.1. The molecule has 30 heavy (non-hydrogen) atoms. The maximum absolute atomic E-state index is 12.9. The Morgan fingerprint density at radius 2 is 1.77 bits per heavy atom. The number of alkyl halides is 3. The van der Waals surface area contributed by atoms with Gasteiger partial charge in [-0.2, -0.15) is 13.2 Å². The van der Waals surface area contributed by atoms with Gasteiger partial charge in [0.15, 0.2) is 0 Å². The SMILES string of the molecule is CC(=O)N1CCC[C@@H]1C(=O)Nc1ccccc1C(=O)Nc1cccc(C(F)(F)F)c1. The molecule has 0 aromatic heterocycles. The molecule has 2 N–H and O–H groups in total. The van der Waals surface area contributed by atoms with Crippen molar-refractivity contribution >= 4 is 29.1 Å². The van der Waals surface area contributed by atoms with Crippen LogP contribution in [0.25, 0.3) is 0 Å². The number of carbonyl (C=O) groups excluding carboxylic acids is 3. The van der Waals surface area contributed by atoms with Crippen LogP contribution < -0.4 is 10.6 Å². The molecule has 1 saturated heterocycles. The van der Waals surface area contributed by atoms with E-state index in [9.17, 15) is 27.6 Å². The average molecular weight is 419 g/mol. The number of benzene rings is 2. The number of rotatable bonds is 4. The lowest BCUT2D eigenvalue weighted by Gasteiger charge is -2.23. The van der Waals surface area contributed by atoms with Crippen LogP contribution in [0.4, 0.5) is 24.5 Å². The van der Waals surface area contributed by atoms with Crippen molar-refractivity contribution in [3.05, 3.63) is 59.7 Å². The summed E-state index contributed by atoms with van der Waals surface area (Å²) in [6.45, 7) is 1.88. The number of nitrogens with zero attached hydrogens (tertiary/aromatic N) is 1. The van der Waals surface area contributed by atoms with Gasteiger partial charge in [0, 0.05) is 19.2 Å². The first kappa shape index (κ1) is 21.4. The second-order valence-electron chi connectivity index (χ2n) is 6.94. The Balaban J connectivity index is 1.77. The topological polar surface area (TPSA) is 78.5 Å². The van der Waals surface area contributed by atoms with Crippen molar-refractivity contribution in [3.63, 3.8) is 0 Å². The third kappa shape index (κ3) is 4.79. The van der Waals surface area contributed by atoms with Gasteiger partial charge in [-0.25, -0.2) is 0 Å². The van der Waals surface area contributed by atoms with E-state index in [1.54, 1.807) is 12.1 Å². The number of hydrogen-bond acceptors (Lipinski definition) is 3. The van der Waals surface area contributed by atoms with Crippen LogP contribution in [0.2, 0.25) is 0 Å². The van der Waals surface area contributed by atoms with Crippen LogP contribution in [-0.4, -0.2) is 35.2 Å². The van der Waals surface area contributed by atoms with Gasteiger partial charge in [0.1, 0.15) is 6.04 Å². The molecule has 0 unspecified atom stereocenters. The summed E-state index contributed by atoms with van der Waals surface area (Å²) < 4.78 is 38.7. The van der Waals surface area contributed by atoms with E-state index in [0.717, 1.165) is 12.1 Å². The summed E-state index contributed by atoms with van der Waals surface area (Å²) in [6.07, 6.45) is -3.31. The standard InChI is InChI=1S/C21H20F3N3O3/c1-13(28)27-11-5-10-18(27)20(30)26-17-9-3-2-8-16(17)19(29)25-15-7-4-6-14(12-15)21(22,23)24/h2-4,6-9,12,18H,5,10-11H2,1H3,(H,25,29)(H,26,30)/t18-/m1/s1. The number of halogens is 3. The fourth-order valence-corrected chi connectivity index (χ4v) is 3.39. The van der Waals surface area contributed by atoms with Crippen molar-refractivity contribution in [3.8, 4) is 0 Å². The largest absolute Gasteiger partial charge is 0.416 e. The van der Waals surface area contributed by atoms with Gasteiger partial charge in [-0.15, -0.1) is 0 Å². The molecule has 1 heterocycles. The number of anilines is 2. The molecule has 1 fully saturated rings. The Hall–Kier alpha value is -3.36.